The van der Waals surface area contributed by atoms with E-state index < -0.39 is 0 Å². The van der Waals surface area contributed by atoms with Crippen molar-refractivity contribution in [2.75, 3.05) is 18.0 Å². The normalized spacial score (nSPS) is 10.6. The van der Waals surface area contributed by atoms with Crippen molar-refractivity contribution in [2.45, 2.75) is 26.2 Å². The van der Waals surface area contributed by atoms with E-state index in [-0.39, 0.29) is 0 Å². The van der Waals surface area contributed by atoms with E-state index in [2.05, 4.69) is 22.0 Å². The number of rotatable bonds is 7. The summed E-state index contributed by atoms with van der Waals surface area (Å²) >= 11 is 0. The number of anilines is 2. The van der Waals surface area contributed by atoms with Gasteiger partial charge in [0, 0.05) is 25.2 Å². The number of hydrogen-bond donors (Lipinski definition) is 1. The van der Waals surface area contributed by atoms with Gasteiger partial charge in [-0.3, -0.25) is 4.90 Å². The maximum atomic E-state index is 5.66. The fourth-order valence-corrected chi connectivity index (χ4v) is 1.84. The van der Waals surface area contributed by atoms with Crippen LogP contribution in [0.25, 0.3) is 0 Å². The highest BCUT2D eigenvalue weighted by Gasteiger charge is 2.15. The second-order valence-electron chi connectivity index (χ2n) is 4.36. The Balaban J connectivity index is 2.21. The molecule has 19 heavy (non-hydrogen) atoms. The zero-order chi connectivity index (χ0) is 13.5. The first kappa shape index (κ1) is 13.5. The molecule has 0 fully saturated rings. The predicted molar refractivity (Wildman–Crippen MR) is 75.4 cm³/mol. The van der Waals surface area contributed by atoms with Crippen molar-refractivity contribution < 1.29 is 4.42 Å². The molecule has 0 radical (unpaired) electrons. The summed E-state index contributed by atoms with van der Waals surface area (Å²) in [5, 5.41) is 8.14. The maximum absolute atomic E-state index is 5.66. The van der Waals surface area contributed by atoms with Crippen molar-refractivity contribution in [3.05, 3.63) is 36.2 Å². The van der Waals surface area contributed by atoms with Crippen molar-refractivity contribution in [3.8, 4) is 0 Å². The molecule has 0 aliphatic rings. The molecule has 1 aromatic carbocycles. The van der Waals surface area contributed by atoms with Crippen molar-refractivity contribution in [1.29, 1.82) is 0 Å². The lowest BCUT2D eigenvalue weighted by atomic mass is 10.2. The van der Waals surface area contributed by atoms with E-state index in [1.165, 1.54) is 0 Å². The largest absolute Gasteiger partial charge is 0.408 e. The molecule has 1 heterocycles. The van der Waals surface area contributed by atoms with E-state index in [1.54, 1.807) is 0 Å². The van der Waals surface area contributed by atoms with Crippen LogP contribution < -0.4 is 10.6 Å². The third-order valence-corrected chi connectivity index (χ3v) is 2.85. The molecular formula is C14H20N4O. The minimum atomic E-state index is 0.516. The van der Waals surface area contributed by atoms with Crippen LogP contribution in [-0.4, -0.2) is 23.3 Å². The molecule has 2 rings (SSSR count). The Labute approximate surface area is 113 Å². The van der Waals surface area contributed by atoms with Gasteiger partial charge >= 0.3 is 6.01 Å². The molecule has 0 saturated heterocycles. The van der Waals surface area contributed by atoms with Gasteiger partial charge in [-0.1, -0.05) is 36.6 Å². The van der Waals surface area contributed by atoms with Crippen molar-refractivity contribution in [3.63, 3.8) is 0 Å². The Kier molecular flexibility index (Phi) is 4.92. The summed E-state index contributed by atoms with van der Waals surface area (Å²) in [6.45, 7) is 3.55. The van der Waals surface area contributed by atoms with Crippen LogP contribution >= 0.6 is 0 Å². The van der Waals surface area contributed by atoms with Crippen LogP contribution in [0.3, 0.4) is 0 Å². The highest BCUT2D eigenvalue weighted by Crippen LogP contribution is 2.24. The molecule has 2 aromatic rings. The Bertz CT molecular complexity index is 483. The average Bonchev–Trinajstić information content (AvgIpc) is 2.89. The Morgan fingerprint density at radius 2 is 2.00 bits per heavy atom. The summed E-state index contributed by atoms with van der Waals surface area (Å²) in [6, 6.07) is 10.6. The quantitative estimate of drug-likeness (QED) is 0.828. The van der Waals surface area contributed by atoms with Crippen LogP contribution in [0.5, 0.6) is 0 Å². The molecular weight excluding hydrogens is 240 g/mol. The summed E-state index contributed by atoms with van der Waals surface area (Å²) in [5.74, 6) is 0.593. The molecule has 0 atom stereocenters. The van der Waals surface area contributed by atoms with Gasteiger partial charge in [0.05, 0.1) is 0 Å². The molecule has 0 bridgehead atoms. The van der Waals surface area contributed by atoms with Gasteiger partial charge in [-0.15, -0.1) is 5.10 Å². The van der Waals surface area contributed by atoms with Gasteiger partial charge in [-0.05, 0) is 18.6 Å². The smallest absolute Gasteiger partial charge is 0.322 e. The van der Waals surface area contributed by atoms with Gasteiger partial charge in [0.2, 0.25) is 5.89 Å². The lowest BCUT2D eigenvalue weighted by molar-refractivity contribution is 0.493. The second-order valence-corrected chi connectivity index (χ2v) is 4.36. The predicted octanol–water partition coefficient (Wildman–Crippen LogP) is 2.51. The Morgan fingerprint density at radius 1 is 1.21 bits per heavy atom. The van der Waals surface area contributed by atoms with E-state index >= 15 is 0 Å². The summed E-state index contributed by atoms with van der Waals surface area (Å²) in [7, 11) is 0. The minimum Gasteiger partial charge on any atom is -0.408 e. The molecule has 0 saturated carbocycles. The first-order valence-corrected chi connectivity index (χ1v) is 6.70. The second kappa shape index (κ2) is 6.89. The Hall–Kier alpha value is -1.88. The van der Waals surface area contributed by atoms with Gasteiger partial charge in [-0.2, -0.15) is 0 Å². The zero-order valence-corrected chi connectivity index (χ0v) is 11.2. The molecule has 2 N–H and O–H groups in total. The lowest BCUT2D eigenvalue weighted by Crippen LogP contribution is -2.18. The first-order chi connectivity index (χ1) is 9.35. The van der Waals surface area contributed by atoms with E-state index in [9.17, 15) is 0 Å². The van der Waals surface area contributed by atoms with E-state index in [1.807, 2.05) is 30.3 Å². The SMILES string of the molecule is CCCCN(c1ccccc1)c1nnc(CCN)o1. The van der Waals surface area contributed by atoms with Crippen LogP contribution in [0.4, 0.5) is 11.7 Å². The fourth-order valence-electron chi connectivity index (χ4n) is 1.84. The molecule has 102 valence electrons. The van der Waals surface area contributed by atoms with Crippen LogP contribution in [-0.2, 0) is 6.42 Å². The molecule has 5 nitrogen and oxygen atoms in total. The molecule has 0 amide bonds. The fraction of sp³-hybridized carbons (Fsp3) is 0.429. The van der Waals surface area contributed by atoms with Crippen LogP contribution in [0, 0.1) is 0 Å². The monoisotopic (exact) mass is 260 g/mol. The average molecular weight is 260 g/mol. The van der Waals surface area contributed by atoms with Gasteiger partial charge in [0.15, 0.2) is 0 Å². The van der Waals surface area contributed by atoms with Gasteiger partial charge in [0.25, 0.3) is 0 Å². The van der Waals surface area contributed by atoms with Crippen molar-refractivity contribution in [1.82, 2.24) is 10.2 Å². The number of nitrogens with two attached hydrogens (primary N) is 1. The molecule has 0 aliphatic carbocycles. The zero-order valence-electron chi connectivity index (χ0n) is 11.2. The molecule has 1 aromatic heterocycles. The summed E-state index contributed by atoms with van der Waals surface area (Å²) in [4.78, 5) is 2.05. The van der Waals surface area contributed by atoms with Crippen LogP contribution in [0.2, 0.25) is 0 Å². The van der Waals surface area contributed by atoms with Gasteiger partial charge < -0.3 is 10.2 Å². The molecule has 5 heteroatoms. The van der Waals surface area contributed by atoms with Crippen molar-refractivity contribution in [2.24, 2.45) is 5.73 Å². The first-order valence-electron chi connectivity index (χ1n) is 6.70. The highest BCUT2D eigenvalue weighted by atomic mass is 16.4. The number of para-hydroxylation sites is 1. The standard InChI is InChI=1S/C14H20N4O/c1-2-3-11-18(12-7-5-4-6-8-12)14-17-16-13(19-14)9-10-15/h4-8H,2-3,9-11,15H2,1H3. The number of unbranched alkanes of at least 4 members (excludes halogenated alkanes) is 1. The summed E-state index contributed by atoms with van der Waals surface area (Å²) in [5.41, 5.74) is 6.56. The van der Waals surface area contributed by atoms with Crippen LogP contribution in [0.1, 0.15) is 25.7 Å². The van der Waals surface area contributed by atoms with E-state index in [0.717, 1.165) is 25.1 Å². The maximum Gasteiger partial charge on any atom is 0.322 e. The number of benzene rings is 1. The molecule has 0 aliphatic heterocycles. The summed E-state index contributed by atoms with van der Waals surface area (Å²) < 4.78 is 5.66. The van der Waals surface area contributed by atoms with Crippen LogP contribution in [0.15, 0.2) is 34.7 Å². The lowest BCUT2D eigenvalue weighted by Gasteiger charge is -2.19. The third-order valence-electron chi connectivity index (χ3n) is 2.85. The van der Waals surface area contributed by atoms with Crippen molar-refractivity contribution >= 4 is 11.7 Å². The third kappa shape index (κ3) is 3.54. The van der Waals surface area contributed by atoms with E-state index in [0.29, 0.717) is 24.9 Å². The highest BCUT2D eigenvalue weighted by molar-refractivity contribution is 5.55. The molecule has 0 spiro atoms. The van der Waals surface area contributed by atoms with Gasteiger partial charge in [0.1, 0.15) is 0 Å². The Morgan fingerprint density at radius 3 is 2.68 bits per heavy atom. The molecule has 0 unspecified atom stereocenters. The summed E-state index contributed by atoms with van der Waals surface area (Å²) in [6.07, 6.45) is 2.81. The number of nitrogens with zero attached hydrogens (tertiary/aromatic N) is 3. The van der Waals surface area contributed by atoms with E-state index in [4.69, 9.17) is 10.2 Å². The topological polar surface area (TPSA) is 68.2 Å². The van der Waals surface area contributed by atoms with Gasteiger partial charge in [-0.25, -0.2) is 0 Å². The number of hydrogen-bond acceptors (Lipinski definition) is 5. The minimum absolute atomic E-state index is 0.516. The number of aromatic nitrogens is 2.